The molecule has 0 radical (unpaired) electrons. The van der Waals surface area contributed by atoms with Gasteiger partial charge in [-0.1, -0.05) is 6.07 Å². The number of anilines is 1. The Morgan fingerprint density at radius 3 is 2.76 bits per heavy atom. The largest absolute Gasteiger partial charge is 0.493 e. The standard InChI is InChI=1S/C18H21N5O2/c1-24-16-6-3-12(9-17(16)25-2)7-8-19-15-10-14(13-4-5-13)22-23-11-20-21-18(15)23/h3,6,9-11,13,19H,4-5,7-8H2,1-2H3. The van der Waals surface area contributed by atoms with Crippen LogP contribution in [0.5, 0.6) is 11.5 Å². The monoisotopic (exact) mass is 339 g/mol. The van der Waals surface area contributed by atoms with Crippen LogP contribution < -0.4 is 14.8 Å². The maximum absolute atomic E-state index is 5.36. The molecule has 0 saturated heterocycles. The van der Waals surface area contributed by atoms with E-state index in [0.29, 0.717) is 5.92 Å². The third kappa shape index (κ3) is 3.22. The van der Waals surface area contributed by atoms with Gasteiger partial charge in [0.05, 0.1) is 25.6 Å². The van der Waals surface area contributed by atoms with Crippen LogP contribution in [-0.4, -0.2) is 40.6 Å². The van der Waals surface area contributed by atoms with Crippen LogP contribution in [0.1, 0.15) is 30.0 Å². The summed E-state index contributed by atoms with van der Waals surface area (Å²) in [5.41, 5.74) is 4.03. The van der Waals surface area contributed by atoms with E-state index in [9.17, 15) is 0 Å². The number of hydrogen-bond donors (Lipinski definition) is 1. The summed E-state index contributed by atoms with van der Waals surface area (Å²) in [7, 11) is 3.29. The normalized spacial score (nSPS) is 13.8. The molecule has 1 N–H and O–H groups in total. The molecule has 4 rings (SSSR count). The summed E-state index contributed by atoms with van der Waals surface area (Å²) in [5, 5.41) is 16.2. The van der Waals surface area contributed by atoms with Crippen molar-refractivity contribution < 1.29 is 9.47 Å². The average molecular weight is 339 g/mol. The van der Waals surface area contributed by atoms with E-state index >= 15 is 0 Å². The molecular formula is C18H21N5O2. The first kappa shape index (κ1) is 15.7. The lowest BCUT2D eigenvalue weighted by molar-refractivity contribution is 0.354. The van der Waals surface area contributed by atoms with E-state index in [4.69, 9.17) is 9.47 Å². The van der Waals surface area contributed by atoms with Crippen molar-refractivity contribution in [3.8, 4) is 11.5 Å². The number of nitrogens with zero attached hydrogens (tertiary/aromatic N) is 4. The van der Waals surface area contributed by atoms with E-state index in [1.165, 1.54) is 18.4 Å². The molecular weight excluding hydrogens is 318 g/mol. The zero-order valence-electron chi connectivity index (χ0n) is 14.4. The molecule has 130 valence electrons. The summed E-state index contributed by atoms with van der Waals surface area (Å²) < 4.78 is 12.4. The lowest BCUT2D eigenvalue weighted by Gasteiger charge is -2.11. The summed E-state index contributed by atoms with van der Waals surface area (Å²) in [4.78, 5) is 0. The molecule has 7 nitrogen and oxygen atoms in total. The zero-order chi connectivity index (χ0) is 17.2. The quantitative estimate of drug-likeness (QED) is 0.713. The summed E-state index contributed by atoms with van der Waals surface area (Å²) in [6.45, 7) is 0.784. The molecule has 0 aliphatic heterocycles. The molecule has 0 amide bonds. The first-order valence-corrected chi connectivity index (χ1v) is 8.44. The van der Waals surface area contributed by atoms with E-state index in [1.807, 2.05) is 12.1 Å². The van der Waals surface area contributed by atoms with Gasteiger partial charge in [0.25, 0.3) is 0 Å². The van der Waals surface area contributed by atoms with Gasteiger partial charge in [-0.3, -0.25) is 0 Å². The van der Waals surface area contributed by atoms with Crippen LogP contribution in [0.25, 0.3) is 5.65 Å². The Morgan fingerprint density at radius 1 is 1.16 bits per heavy atom. The number of nitrogens with one attached hydrogen (secondary N) is 1. The minimum Gasteiger partial charge on any atom is -0.493 e. The lowest BCUT2D eigenvalue weighted by Crippen LogP contribution is -2.08. The Labute approximate surface area is 146 Å². The van der Waals surface area contributed by atoms with Crippen molar-refractivity contribution in [2.75, 3.05) is 26.1 Å². The highest BCUT2D eigenvalue weighted by atomic mass is 16.5. The second-order valence-corrected chi connectivity index (χ2v) is 6.22. The van der Waals surface area contributed by atoms with Crippen LogP contribution in [0.3, 0.4) is 0 Å². The Hall–Kier alpha value is -2.83. The topological polar surface area (TPSA) is 73.6 Å². The molecule has 0 atom stereocenters. The molecule has 1 aromatic carbocycles. The van der Waals surface area contributed by atoms with Gasteiger partial charge in [0, 0.05) is 12.5 Å². The van der Waals surface area contributed by atoms with Crippen LogP contribution in [-0.2, 0) is 6.42 Å². The number of rotatable bonds is 7. The summed E-state index contributed by atoms with van der Waals surface area (Å²) in [6.07, 6.45) is 4.94. The summed E-state index contributed by atoms with van der Waals surface area (Å²) in [6, 6.07) is 8.10. The van der Waals surface area contributed by atoms with Gasteiger partial charge < -0.3 is 14.8 Å². The summed E-state index contributed by atoms with van der Waals surface area (Å²) >= 11 is 0. The minimum atomic E-state index is 0.582. The number of benzene rings is 1. The molecule has 0 bridgehead atoms. The first-order valence-electron chi connectivity index (χ1n) is 8.44. The fourth-order valence-corrected chi connectivity index (χ4v) is 2.93. The predicted molar refractivity (Wildman–Crippen MR) is 94.5 cm³/mol. The molecule has 2 aromatic heterocycles. The van der Waals surface area contributed by atoms with Gasteiger partial charge in [0.2, 0.25) is 5.65 Å². The van der Waals surface area contributed by atoms with Crippen molar-refractivity contribution >= 4 is 11.3 Å². The van der Waals surface area contributed by atoms with Crippen LogP contribution in [0.4, 0.5) is 5.69 Å². The minimum absolute atomic E-state index is 0.582. The van der Waals surface area contributed by atoms with Crippen molar-refractivity contribution in [2.24, 2.45) is 0 Å². The van der Waals surface area contributed by atoms with Gasteiger partial charge in [0.15, 0.2) is 11.5 Å². The smallest absolute Gasteiger partial charge is 0.200 e. The third-order valence-electron chi connectivity index (χ3n) is 4.46. The van der Waals surface area contributed by atoms with Crippen molar-refractivity contribution in [1.82, 2.24) is 19.8 Å². The highest BCUT2D eigenvalue weighted by molar-refractivity contribution is 5.67. The predicted octanol–water partition coefficient (Wildman–Crippen LogP) is 2.67. The number of aromatic nitrogens is 4. The highest BCUT2D eigenvalue weighted by Crippen LogP contribution is 2.39. The van der Waals surface area contributed by atoms with Crippen molar-refractivity contribution in [2.45, 2.75) is 25.2 Å². The molecule has 1 aliphatic rings. The fourth-order valence-electron chi connectivity index (χ4n) is 2.93. The van der Waals surface area contributed by atoms with Crippen molar-refractivity contribution in [1.29, 1.82) is 0 Å². The Bertz CT molecular complexity index is 888. The van der Waals surface area contributed by atoms with Gasteiger partial charge >= 0.3 is 0 Å². The molecule has 3 aromatic rings. The lowest BCUT2D eigenvalue weighted by atomic mass is 10.1. The molecule has 1 aliphatic carbocycles. The first-order chi connectivity index (χ1) is 12.3. The number of ether oxygens (including phenoxy) is 2. The maximum atomic E-state index is 5.36. The number of methoxy groups -OCH3 is 2. The average Bonchev–Trinajstić information content (AvgIpc) is 3.39. The fraction of sp³-hybridized carbons (Fsp3) is 0.389. The van der Waals surface area contributed by atoms with Crippen LogP contribution in [0, 0.1) is 0 Å². The SMILES string of the molecule is COc1ccc(CCNc2cc(C3CC3)nn3cnnc23)cc1OC. The molecule has 1 fully saturated rings. The molecule has 2 heterocycles. The van der Waals surface area contributed by atoms with Crippen molar-refractivity contribution in [3.63, 3.8) is 0 Å². The van der Waals surface area contributed by atoms with Gasteiger partial charge in [-0.15, -0.1) is 10.2 Å². The van der Waals surface area contributed by atoms with E-state index in [0.717, 1.165) is 41.5 Å². The second kappa shape index (κ2) is 6.58. The molecule has 1 saturated carbocycles. The van der Waals surface area contributed by atoms with E-state index in [2.05, 4.69) is 32.7 Å². The van der Waals surface area contributed by atoms with E-state index in [1.54, 1.807) is 25.1 Å². The van der Waals surface area contributed by atoms with E-state index < -0.39 is 0 Å². The zero-order valence-corrected chi connectivity index (χ0v) is 14.4. The Morgan fingerprint density at radius 2 is 2.00 bits per heavy atom. The van der Waals surface area contributed by atoms with Crippen LogP contribution in [0.15, 0.2) is 30.6 Å². The highest BCUT2D eigenvalue weighted by Gasteiger charge is 2.26. The summed E-state index contributed by atoms with van der Waals surface area (Å²) in [5.74, 6) is 2.07. The molecule has 25 heavy (non-hydrogen) atoms. The van der Waals surface area contributed by atoms with Crippen LogP contribution >= 0.6 is 0 Å². The number of hydrogen-bond acceptors (Lipinski definition) is 6. The van der Waals surface area contributed by atoms with Crippen LogP contribution in [0.2, 0.25) is 0 Å². The van der Waals surface area contributed by atoms with Crippen molar-refractivity contribution in [3.05, 3.63) is 41.9 Å². The number of fused-ring (bicyclic) bond motifs is 1. The van der Waals surface area contributed by atoms with E-state index in [-0.39, 0.29) is 0 Å². The molecule has 7 heteroatoms. The molecule has 0 unspecified atom stereocenters. The van der Waals surface area contributed by atoms with Gasteiger partial charge in [-0.25, -0.2) is 0 Å². The van der Waals surface area contributed by atoms with Gasteiger partial charge in [0.1, 0.15) is 6.33 Å². The Kier molecular flexibility index (Phi) is 4.13. The maximum Gasteiger partial charge on any atom is 0.200 e. The van der Waals surface area contributed by atoms with Gasteiger partial charge in [-0.05, 0) is 43.0 Å². The Balaban J connectivity index is 1.48. The van der Waals surface area contributed by atoms with Gasteiger partial charge in [-0.2, -0.15) is 9.61 Å². The second-order valence-electron chi connectivity index (χ2n) is 6.22. The third-order valence-corrected chi connectivity index (χ3v) is 4.46. The molecule has 0 spiro atoms.